The molecule has 1 N–H and O–H groups in total. The summed E-state index contributed by atoms with van der Waals surface area (Å²) in [4.78, 5) is 27.0. The van der Waals surface area contributed by atoms with Gasteiger partial charge in [0.2, 0.25) is 0 Å². The lowest BCUT2D eigenvalue weighted by atomic mass is 10.2. The summed E-state index contributed by atoms with van der Waals surface area (Å²) in [5, 5.41) is 13.7. The average Bonchev–Trinajstić information content (AvgIpc) is 2.74. The molecule has 154 valence electrons. The molecule has 2 amide bonds. The zero-order valence-corrected chi connectivity index (χ0v) is 16.5. The molecule has 3 rings (SSSR count). The van der Waals surface area contributed by atoms with E-state index in [1.807, 2.05) is 31.2 Å². The number of nitrogens with zero attached hydrogens (tertiary/aromatic N) is 3. The molecule has 1 aliphatic heterocycles. The lowest BCUT2D eigenvalue weighted by Crippen LogP contribution is -2.50. The molecular weight excluding hydrogens is 376 g/mol. The van der Waals surface area contributed by atoms with Crippen LogP contribution in [0, 0.1) is 10.1 Å². The van der Waals surface area contributed by atoms with E-state index in [1.165, 1.54) is 25.3 Å². The van der Waals surface area contributed by atoms with Crippen molar-refractivity contribution in [1.82, 2.24) is 4.90 Å². The number of methoxy groups -OCH3 is 1. The van der Waals surface area contributed by atoms with E-state index in [2.05, 4.69) is 10.2 Å². The molecule has 1 saturated heterocycles. The van der Waals surface area contributed by atoms with E-state index in [-0.39, 0.29) is 17.5 Å². The maximum absolute atomic E-state index is 12.6. The first-order valence-electron chi connectivity index (χ1n) is 9.38. The smallest absolute Gasteiger partial charge is 0.322 e. The number of non-ortho nitro benzene ring substituents is 1. The highest BCUT2D eigenvalue weighted by molar-refractivity contribution is 5.91. The Morgan fingerprint density at radius 3 is 2.52 bits per heavy atom. The van der Waals surface area contributed by atoms with Crippen molar-refractivity contribution in [2.45, 2.75) is 6.92 Å². The van der Waals surface area contributed by atoms with Crippen molar-refractivity contribution in [2.75, 3.05) is 50.1 Å². The summed E-state index contributed by atoms with van der Waals surface area (Å²) in [6, 6.07) is 11.7. The van der Waals surface area contributed by atoms with Crippen LogP contribution in [0.15, 0.2) is 42.5 Å². The zero-order chi connectivity index (χ0) is 20.8. The van der Waals surface area contributed by atoms with Gasteiger partial charge in [0.05, 0.1) is 36.1 Å². The van der Waals surface area contributed by atoms with Crippen molar-refractivity contribution < 1.29 is 19.2 Å². The summed E-state index contributed by atoms with van der Waals surface area (Å²) < 4.78 is 10.9. The van der Waals surface area contributed by atoms with Crippen molar-refractivity contribution in [3.63, 3.8) is 0 Å². The van der Waals surface area contributed by atoms with Crippen molar-refractivity contribution in [3.05, 3.63) is 52.6 Å². The van der Waals surface area contributed by atoms with Crippen LogP contribution in [0.2, 0.25) is 0 Å². The van der Waals surface area contributed by atoms with Crippen LogP contribution in [0.1, 0.15) is 6.92 Å². The number of nitrogens with one attached hydrogen (secondary N) is 1. The minimum absolute atomic E-state index is 0.0959. The first-order valence-corrected chi connectivity index (χ1v) is 9.38. The Morgan fingerprint density at radius 1 is 1.14 bits per heavy atom. The van der Waals surface area contributed by atoms with Crippen LogP contribution in [0.25, 0.3) is 0 Å². The number of nitro groups is 1. The van der Waals surface area contributed by atoms with Gasteiger partial charge in [0.15, 0.2) is 0 Å². The molecule has 0 bridgehead atoms. The number of nitro benzene ring substituents is 1. The lowest BCUT2D eigenvalue weighted by molar-refractivity contribution is -0.384. The predicted octanol–water partition coefficient (Wildman–Crippen LogP) is 3.36. The number of piperazine rings is 1. The quantitative estimate of drug-likeness (QED) is 0.590. The van der Waals surface area contributed by atoms with Gasteiger partial charge >= 0.3 is 6.03 Å². The molecule has 9 nitrogen and oxygen atoms in total. The molecule has 1 fully saturated rings. The zero-order valence-electron chi connectivity index (χ0n) is 16.5. The topological polar surface area (TPSA) is 97.2 Å². The van der Waals surface area contributed by atoms with E-state index >= 15 is 0 Å². The number of carbonyl (C=O) groups excluding carboxylic acids is 1. The van der Waals surface area contributed by atoms with E-state index < -0.39 is 4.92 Å². The fraction of sp³-hybridized carbons (Fsp3) is 0.350. The summed E-state index contributed by atoms with van der Waals surface area (Å²) in [5.74, 6) is 1.08. The predicted molar refractivity (Wildman–Crippen MR) is 110 cm³/mol. The second-order valence-corrected chi connectivity index (χ2v) is 6.45. The van der Waals surface area contributed by atoms with Crippen LogP contribution in [0.4, 0.5) is 21.9 Å². The SMILES string of the molecule is CCOc1ccccc1N1CCN(C(=O)Nc2ccc([N+](=O)[O-])cc2OC)CC1. The lowest BCUT2D eigenvalue weighted by Gasteiger charge is -2.36. The fourth-order valence-electron chi connectivity index (χ4n) is 3.24. The van der Waals surface area contributed by atoms with Crippen LogP contribution < -0.4 is 19.7 Å². The Bertz CT molecular complexity index is 881. The Labute approximate surface area is 169 Å². The number of anilines is 2. The average molecular weight is 400 g/mol. The second kappa shape index (κ2) is 9.13. The van der Waals surface area contributed by atoms with Gasteiger partial charge in [0, 0.05) is 32.2 Å². The molecule has 0 atom stereocenters. The molecule has 2 aromatic rings. The van der Waals surface area contributed by atoms with Gasteiger partial charge in [0.25, 0.3) is 5.69 Å². The molecule has 0 radical (unpaired) electrons. The molecule has 29 heavy (non-hydrogen) atoms. The summed E-state index contributed by atoms with van der Waals surface area (Å²) in [5.41, 5.74) is 1.32. The third kappa shape index (κ3) is 4.68. The van der Waals surface area contributed by atoms with E-state index in [1.54, 1.807) is 4.90 Å². The van der Waals surface area contributed by atoms with Crippen LogP contribution in [-0.4, -0.2) is 55.8 Å². The van der Waals surface area contributed by atoms with Crippen molar-refractivity contribution in [3.8, 4) is 11.5 Å². The van der Waals surface area contributed by atoms with Crippen LogP contribution in [-0.2, 0) is 0 Å². The van der Waals surface area contributed by atoms with Gasteiger partial charge in [0.1, 0.15) is 11.5 Å². The van der Waals surface area contributed by atoms with Crippen LogP contribution >= 0.6 is 0 Å². The number of para-hydroxylation sites is 2. The third-order valence-corrected chi connectivity index (χ3v) is 4.71. The largest absolute Gasteiger partial charge is 0.494 e. The highest BCUT2D eigenvalue weighted by Crippen LogP contribution is 2.30. The number of hydrogen-bond donors (Lipinski definition) is 1. The maximum atomic E-state index is 12.6. The van der Waals surface area contributed by atoms with Crippen molar-refractivity contribution >= 4 is 23.1 Å². The van der Waals surface area contributed by atoms with Gasteiger partial charge in [-0.3, -0.25) is 10.1 Å². The normalized spacial score (nSPS) is 13.7. The van der Waals surface area contributed by atoms with Crippen LogP contribution in [0.3, 0.4) is 0 Å². The fourth-order valence-corrected chi connectivity index (χ4v) is 3.24. The highest BCUT2D eigenvalue weighted by atomic mass is 16.6. The number of amides is 2. The van der Waals surface area contributed by atoms with E-state index in [0.717, 1.165) is 11.4 Å². The monoisotopic (exact) mass is 400 g/mol. The van der Waals surface area contributed by atoms with Crippen molar-refractivity contribution in [1.29, 1.82) is 0 Å². The number of ether oxygens (including phenoxy) is 2. The van der Waals surface area contributed by atoms with E-state index in [4.69, 9.17) is 9.47 Å². The number of carbonyl (C=O) groups is 1. The van der Waals surface area contributed by atoms with Gasteiger partial charge in [-0.15, -0.1) is 0 Å². The van der Waals surface area contributed by atoms with Crippen LogP contribution in [0.5, 0.6) is 11.5 Å². The van der Waals surface area contributed by atoms with Gasteiger partial charge in [-0.05, 0) is 25.1 Å². The summed E-state index contributed by atoms with van der Waals surface area (Å²) in [6.07, 6.45) is 0. The number of urea groups is 1. The molecule has 9 heteroatoms. The molecule has 0 aliphatic carbocycles. The molecule has 2 aromatic carbocycles. The highest BCUT2D eigenvalue weighted by Gasteiger charge is 2.24. The Kier molecular flexibility index (Phi) is 6.38. The molecule has 0 unspecified atom stereocenters. The van der Waals surface area contributed by atoms with E-state index in [0.29, 0.717) is 38.5 Å². The summed E-state index contributed by atoms with van der Waals surface area (Å²) in [7, 11) is 1.41. The Morgan fingerprint density at radius 2 is 1.86 bits per heavy atom. The molecule has 1 aliphatic rings. The Hall–Kier alpha value is -3.49. The van der Waals surface area contributed by atoms with E-state index in [9.17, 15) is 14.9 Å². The Balaban J connectivity index is 1.63. The van der Waals surface area contributed by atoms with Gasteiger partial charge in [-0.1, -0.05) is 12.1 Å². The maximum Gasteiger partial charge on any atom is 0.322 e. The minimum Gasteiger partial charge on any atom is -0.494 e. The molecular formula is C20H24N4O5. The second-order valence-electron chi connectivity index (χ2n) is 6.45. The number of hydrogen-bond acceptors (Lipinski definition) is 6. The molecule has 0 spiro atoms. The first-order chi connectivity index (χ1) is 14.0. The number of rotatable bonds is 6. The first kappa shape index (κ1) is 20.2. The summed E-state index contributed by atoms with van der Waals surface area (Å²) in [6.45, 7) is 4.98. The van der Waals surface area contributed by atoms with Crippen molar-refractivity contribution in [2.24, 2.45) is 0 Å². The molecule has 0 saturated carbocycles. The molecule has 1 heterocycles. The summed E-state index contributed by atoms with van der Waals surface area (Å²) >= 11 is 0. The van der Waals surface area contributed by atoms with Gasteiger partial charge in [-0.25, -0.2) is 4.79 Å². The van der Waals surface area contributed by atoms with Gasteiger partial charge in [-0.2, -0.15) is 0 Å². The molecule has 0 aromatic heterocycles. The third-order valence-electron chi connectivity index (χ3n) is 4.71. The van der Waals surface area contributed by atoms with Gasteiger partial charge < -0.3 is 24.6 Å². The number of benzene rings is 2. The minimum atomic E-state index is -0.507. The standard InChI is InChI=1S/C20H24N4O5/c1-3-29-18-7-5-4-6-17(18)22-10-12-23(13-11-22)20(25)21-16-9-8-15(24(26)27)14-19(16)28-2/h4-9,14H,3,10-13H2,1-2H3,(H,21,25).